The van der Waals surface area contributed by atoms with Crippen molar-refractivity contribution in [1.29, 1.82) is 0 Å². The van der Waals surface area contributed by atoms with Gasteiger partial charge in [-0.3, -0.25) is 0 Å². The molecular weight excluding hydrogens is 338 g/mol. The number of hydrogen-bond acceptors (Lipinski definition) is 6. The third-order valence-electron chi connectivity index (χ3n) is 5.13. The molecule has 3 aromatic heterocycles. The van der Waals surface area contributed by atoms with Gasteiger partial charge in [-0.25, -0.2) is 4.98 Å². The van der Waals surface area contributed by atoms with Crippen molar-refractivity contribution in [2.24, 2.45) is 5.92 Å². The second-order valence-corrected chi connectivity index (χ2v) is 8.48. The average Bonchev–Trinajstić information content (AvgIpc) is 3.07. The van der Waals surface area contributed by atoms with Gasteiger partial charge in [-0.1, -0.05) is 26.8 Å². The van der Waals surface area contributed by atoms with E-state index < -0.39 is 0 Å². The highest BCUT2D eigenvalue weighted by molar-refractivity contribution is 5.46. The lowest BCUT2D eigenvalue weighted by Gasteiger charge is -2.33. The molecule has 0 bridgehead atoms. The molecule has 1 saturated heterocycles. The first kappa shape index (κ1) is 17.7. The smallest absolute Gasteiger partial charge is 0.178 e. The molecule has 142 valence electrons. The number of fused-ring (bicyclic) bond motifs is 1. The highest BCUT2D eigenvalue weighted by Gasteiger charge is 2.24. The monoisotopic (exact) mass is 365 g/mol. The molecule has 7 heteroatoms. The zero-order chi connectivity index (χ0) is 19.0. The van der Waals surface area contributed by atoms with Gasteiger partial charge in [0.05, 0.1) is 0 Å². The summed E-state index contributed by atoms with van der Waals surface area (Å²) in [5.74, 6) is 3.04. The summed E-state index contributed by atoms with van der Waals surface area (Å²) in [6, 6.07) is 8.03. The molecular formula is C20H27N7. The number of anilines is 2. The van der Waals surface area contributed by atoms with E-state index in [0.717, 1.165) is 36.8 Å². The normalized spacial score (nSPS) is 18.2. The number of pyridine rings is 1. The van der Waals surface area contributed by atoms with Crippen LogP contribution in [0.2, 0.25) is 0 Å². The van der Waals surface area contributed by atoms with Gasteiger partial charge in [0.25, 0.3) is 0 Å². The van der Waals surface area contributed by atoms with E-state index in [1.807, 2.05) is 22.8 Å². The van der Waals surface area contributed by atoms with Crippen molar-refractivity contribution >= 4 is 17.3 Å². The summed E-state index contributed by atoms with van der Waals surface area (Å²) in [6.07, 6.45) is 5.31. The lowest BCUT2D eigenvalue weighted by Crippen LogP contribution is -2.37. The summed E-state index contributed by atoms with van der Waals surface area (Å²) >= 11 is 0. The maximum atomic E-state index is 5.70. The number of rotatable bonds is 3. The maximum Gasteiger partial charge on any atom is 0.178 e. The van der Waals surface area contributed by atoms with E-state index >= 15 is 0 Å². The number of nitrogen functional groups attached to an aromatic ring is 1. The molecule has 27 heavy (non-hydrogen) atoms. The van der Waals surface area contributed by atoms with Crippen molar-refractivity contribution in [2.45, 2.75) is 45.4 Å². The summed E-state index contributed by atoms with van der Waals surface area (Å²) in [4.78, 5) is 6.60. The van der Waals surface area contributed by atoms with Gasteiger partial charge in [-0.05, 0) is 48.9 Å². The van der Waals surface area contributed by atoms with E-state index in [9.17, 15) is 0 Å². The molecule has 1 unspecified atom stereocenters. The van der Waals surface area contributed by atoms with Crippen molar-refractivity contribution in [3.63, 3.8) is 0 Å². The van der Waals surface area contributed by atoms with Crippen LogP contribution >= 0.6 is 0 Å². The third kappa shape index (κ3) is 3.72. The first-order chi connectivity index (χ1) is 12.9. The predicted molar refractivity (Wildman–Crippen MR) is 107 cm³/mol. The van der Waals surface area contributed by atoms with Crippen LogP contribution in [0, 0.1) is 5.92 Å². The Labute approximate surface area is 159 Å². The minimum Gasteiger partial charge on any atom is -0.384 e. The molecule has 0 radical (unpaired) electrons. The number of piperidine rings is 1. The van der Waals surface area contributed by atoms with Crippen LogP contribution in [0.5, 0.6) is 0 Å². The molecule has 0 aromatic carbocycles. The Hall–Kier alpha value is -2.70. The Morgan fingerprint density at radius 3 is 2.74 bits per heavy atom. The van der Waals surface area contributed by atoms with Crippen LogP contribution < -0.4 is 10.6 Å². The lowest BCUT2D eigenvalue weighted by molar-refractivity contribution is 0.409. The van der Waals surface area contributed by atoms with E-state index in [4.69, 9.17) is 10.8 Å². The Morgan fingerprint density at radius 2 is 2.00 bits per heavy atom. The lowest BCUT2D eigenvalue weighted by atomic mass is 9.92. The molecule has 0 amide bonds. The maximum absolute atomic E-state index is 5.70. The third-order valence-corrected chi connectivity index (χ3v) is 5.13. The molecule has 1 aliphatic heterocycles. The first-order valence-electron chi connectivity index (χ1n) is 9.58. The van der Waals surface area contributed by atoms with Gasteiger partial charge >= 0.3 is 0 Å². The van der Waals surface area contributed by atoms with E-state index in [-0.39, 0.29) is 5.41 Å². The van der Waals surface area contributed by atoms with Crippen molar-refractivity contribution in [3.8, 4) is 0 Å². The molecule has 0 saturated carbocycles. The van der Waals surface area contributed by atoms with Crippen LogP contribution in [-0.4, -0.2) is 37.9 Å². The van der Waals surface area contributed by atoms with E-state index in [1.54, 1.807) is 0 Å². The van der Waals surface area contributed by atoms with Crippen LogP contribution in [0.25, 0.3) is 5.65 Å². The van der Waals surface area contributed by atoms with E-state index in [1.165, 1.54) is 18.4 Å². The largest absolute Gasteiger partial charge is 0.384 e. The van der Waals surface area contributed by atoms with E-state index in [0.29, 0.717) is 11.7 Å². The van der Waals surface area contributed by atoms with Gasteiger partial charge in [-0.15, -0.1) is 15.3 Å². The molecule has 1 fully saturated rings. The molecule has 2 N–H and O–H groups in total. The number of hydrogen-bond donors (Lipinski definition) is 1. The van der Waals surface area contributed by atoms with Gasteiger partial charge in [0.2, 0.25) is 0 Å². The SMILES string of the molecule is CC(C)(C)c1nnc2ccc(N3CCCC(Cc4ccc(N)nc4)C3)nn12. The Balaban J connectivity index is 1.54. The Morgan fingerprint density at radius 1 is 1.15 bits per heavy atom. The summed E-state index contributed by atoms with van der Waals surface area (Å²) in [5.41, 5.74) is 7.64. The first-order valence-corrected chi connectivity index (χ1v) is 9.58. The van der Waals surface area contributed by atoms with Crippen molar-refractivity contribution in [1.82, 2.24) is 24.8 Å². The highest BCUT2D eigenvalue weighted by atomic mass is 15.4. The molecule has 0 spiro atoms. The molecule has 4 rings (SSSR count). The fraction of sp³-hybridized carbons (Fsp3) is 0.500. The number of nitrogens with two attached hydrogens (primary N) is 1. The van der Waals surface area contributed by atoms with Crippen LogP contribution in [0.4, 0.5) is 11.6 Å². The topological polar surface area (TPSA) is 85.2 Å². The van der Waals surface area contributed by atoms with Crippen molar-refractivity contribution < 1.29 is 0 Å². The molecule has 4 heterocycles. The second-order valence-electron chi connectivity index (χ2n) is 8.48. The molecule has 3 aromatic rings. The van der Waals surface area contributed by atoms with Crippen molar-refractivity contribution in [2.75, 3.05) is 23.7 Å². The molecule has 0 aliphatic carbocycles. The zero-order valence-corrected chi connectivity index (χ0v) is 16.3. The predicted octanol–water partition coefficient (Wildman–Crippen LogP) is 2.86. The zero-order valence-electron chi connectivity index (χ0n) is 16.3. The fourth-order valence-corrected chi connectivity index (χ4v) is 3.75. The number of nitrogens with zero attached hydrogens (tertiary/aromatic N) is 6. The van der Waals surface area contributed by atoms with Crippen LogP contribution in [-0.2, 0) is 11.8 Å². The minimum absolute atomic E-state index is 0.0996. The summed E-state index contributed by atoms with van der Waals surface area (Å²) in [5, 5.41) is 13.5. The van der Waals surface area contributed by atoms with Crippen LogP contribution in [0.1, 0.15) is 45.0 Å². The van der Waals surface area contributed by atoms with Gasteiger partial charge in [0.15, 0.2) is 11.5 Å². The molecule has 1 aliphatic rings. The second kappa shape index (κ2) is 6.79. The van der Waals surface area contributed by atoms with Crippen LogP contribution in [0.15, 0.2) is 30.5 Å². The number of aromatic nitrogens is 5. The fourth-order valence-electron chi connectivity index (χ4n) is 3.75. The average molecular weight is 365 g/mol. The Bertz CT molecular complexity index is 924. The quantitative estimate of drug-likeness (QED) is 0.768. The van der Waals surface area contributed by atoms with Gasteiger partial charge in [-0.2, -0.15) is 4.52 Å². The Kier molecular flexibility index (Phi) is 4.45. The minimum atomic E-state index is -0.0996. The van der Waals surface area contributed by atoms with Gasteiger partial charge in [0.1, 0.15) is 11.6 Å². The molecule has 1 atom stereocenters. The summed E-state index contributed by atoms with van der Waals surface area (Å²) < 4.78 is 1.89. The van der Waals surface area contributed by atoms with Crippen LogP contribution in [0.3, 0.4) is 0 Å². The highest BCUT2D eigenvalue weighted by Crippen LogP contribution is 2.26. The summed E-state index contributed by atoms with van der Waals surface area (Å²) in [7, 11) is 0. The molecule has 7 nitrogen and oxygen atoms in total. The van der Waals surface area contributed by atoms with E-state index in [2.05, 4.69) is 53.0 Å². The summed E-state index contributed by atoms with van der Waals surface area (Å²) in [6.45, 7) is 8.43. The van der Waals surface area contributed by atoms with Gasteiger partial charge < -0.3 is 10.6 Å². The standard InChI is InChI=1S/C20H27N7/c1-20(2,3)19-24-23-17-8-9-18(25-27(17)19)26-10-4-5-15(13-26)11-14-6-7-16(21)22-12-14/h6-9,12,15H,4-5,10-11,13H2,1-3H3,(H2,21,22). The van der Waals surface area contributed by atoms with Crippen molar-refractivity contribution in [3.05, 3.63) is 41.9 Å². The van der Waals surface area contributed by atoms with Gasteiger partial charge in [0, 0.05) is 24.7 Å².